The molecule has 7 heteroatoms. The molecule has 0 aromatic heterocycles. The van der Waals surface area contributed by atoms with Crippen molar-refractivity contribution in [3.05, 3.63) is 65.2 Å². The Bertz CT molecular complexity index is 812. The molecule has 1 unspecified atom stereocenters. The topological polar surface area (TPSA) is 82.1 Å². The van der Waals surface area contributed by atoms with Crippen LogP contribution in [0.3, 0.4) is 0 Å². The summed E-state index contributed by atoms with van der Waals surface area (Å²) in [6.07, 6.45) is -1.11. The van der Waals surface area contributed by atoms with Gasteiger partial charge in [0.25, 0.3) is 11.8 Å². The van der Waals surface area contributed by atoms with Crippen molar-refractivity contribution in [2.24, 2.45) is 0 Å². The van der Waals surface area contributed by atoms with Crippen molar-refractivity contribution in [3.8, 4) is 5.75 Å². The quantitative estimate of drug-likeness (QED) is 0.775. The van der Waals surface area contributed by atoms with E-state index in [1.54, 1.807) is 36.4 Å². The highest BCUT2D eigenvalue weighted by molar-refractivity contribution is 6.20. The molecule has 0 radical (unpaired) electrons. The van der Waals surface area contributed by atoms with Gasteiger partial charge in [-0.05, 0) is 29.8 Å². The second-order valence-corrected chi connectivity index (χ2v) is 5.25. The standard InChI is InChI=1S/C18H15NO6/c1-23-12-7-5-6-11(10-12)15(24-2)18(22)25-19-16(20)13-8-3-4-9-14(13)17(19)21/h3-10,15H,1-2H3. The van der Waals surface area contributed by atoms with Gasteiger partial charge in [-0.2, -0.15) is 0 Å². The number of methoxy groups -OCH3 is 2. The Morgan fingerprint density at radius 1 is 0.960 bits per heavy atom. The Hall–Kier alpha value is -3.19. The predicted octanol–water partition coefficient (Wildman–Crippen LogP) is 2.14. The van der Waals surface area contributed by atoms with Crippen molar-refractivity contribution in [1.82, 2.24) is 5.06 Å². The minimum absolute atomic E-state index is 0.190. The number of hydroxylamine groups is 2. The first-order valence-electron chi connectivity index (χ1n) is 7.43. The Balaban J connectivity index is 1.81. The first-order valence-corrected chi connectivity index (χ1v) is 7.43. The molecule has 0 saturated carbocycles. The number of carbonyl (C=O) groups is 3. The molecule has 3 rings (SSSR count). The number of nitrogens with zero attached hydrogens (tertiary/aromatic N) is 1. The molecule has 7 nitrogen and oxygen atoms in total. The van der Waals surface area contributed by atoms with Crippen molar-refractivity contribution in [3.63, 3.8) is 0 Å². The normalized spacial score (nSPS) is 14.2. The molecule has 128 valence electrons. The van der Waals surface area contributed by atoms with Crippen LogP contribution < -0.4 is 4.74 Å². The number of imide groups is 1. The Labute approximate surface area is 143 Å². The van der Waals surface area contributed by atoms with E-state index < -0.39 is 23.9 Å². The van der Waals surface area contributed by atoms with E-state index in [0.717, 1.165) is 0 Å². The maximum absolute atomic E-state index is 12.4. The van der Waals surface area contributed by atoms with E-state index >= 15 is 0 Å². The summed E-state index contributed by atoms with van der Waals surface area (Å²) in [5, 5.41) is 0.458. The minimum atomic E-state index is -1.11. The van der Waals surface area contributed by atoms with E-state index in [0.29, 0.717) is 16.4 Å². The van der Waals surface area contributed by atoms with Crippen molar-refractivity contribution in [2.45, 2.75) is 6.10 Å². The number of carbonyl (C=O) groups excluding carboxylic acids is 3. The molecule has 2 amide bonds. The molecule has 0 fully saturated rings. The van der Waals surface area contributed by atoms with Crippen molar-refractivity contribution < 1.29 is 28.7 Å². The summed E-state index contributed by atoms with van der Waals surface area (Å²) in [6.45, 7) is 0. The fourth-order valence-corrected chi connectivity index (χ4v) is 2.56. The van der Waals surface area contributed by atoms with E-state index in [1.807, 2.05) is 0 Å². The van der Waals surface area contributed by atoms with Gasteiger partial charge in [0.15, 0.2) is 6.10 Å². The van der Waals surface area contributed by atoms with Crippen LogP contribution in [0, 0.1) is 0 Å². The molecule has 1 heterocycles. The van der Waals surface area contributed by atoms with Crippen LogP contribution in [0.25, 0.3) is 0 Å². The van der Waals surface area contributed by atoms with Crippen LogP contribution in [0.2, 0.25) is 0 Å². The third-order valence-corrected chi connectivity index (χ3v) is 3.78. The van der Waals surface area contributed by atoms with E-state index in [1.165, 1.54) is 26.4 Å². The smallest absolute Gasteiger partial charge is 0.366 e. The molecule has 0 N–H and O–H groups in total. The van der Waals surface area contributed by atoms with Gasteiger partial charge >= 0.3 is 5.97 Å². The Kier molecular flexibility index (Phi) is 4.49. The zero-order valence-corrected chi connectivity index (χ0v) is 13.6. The minimum Gasteiger partial charge on any atom is -0.497 e. The molecular formula is C18H15NO6. The number of benzene rings is 2. The second kappa shape index (κ2) is 6.74. The van der Waals surface area contributed by atoms with Crippen LogP contribution in [-0.4, -0.2) is 37.1 Å². The lowest BCUT2D eigenvalue weighted by atomic mass is 10.1. The van der Waals surface area contributed by atoms with E-state index in [4.69, 9.17) is 14.3 Å². The number of rotatable bonds is 5. The second-order valence-electron chi connectivity index (χ2n) is 5.25. The van der Waals surface area contributed by atoms with Crippen LogP contribution in [0.4, 0.5) is 0 Å². The summed E-state index contributed by atoms with van der Waals surface area (Å²) in [6, 6.07) is 12.9. The molecule has 25 heavy (non-hydrogen) atoms. The van der Waals surface area contributed by atoms with Gasteiger partial charge in [0.1, 0.15) is 5.75 Å². The summed E-state index contributed by atoms with van der Waals surface area (Å²) in [5.74, 6) is -1.72. The number of hydrogen-bond acceptors (Lipinski definition) is 6. The van der Waals surface area contributed by atoms with Crippen molar-refractivity contribution in [2.75, 3.05) is 14.2 Å². The maximum atomic E-state index is 12.4. The lowest BCUT2D eigenvalue weighted by Crippen LogP contribution is -2.35. The van der Waals surface area contributed by atoms with Crippen LogP contribution in [0.1, 0.15) is 32.4 Å². The van der Waals surface area contributed by atoms with Gasteiger partial charge in [0.2, 0.25) is 0 Å². The van der Waals surface area contributed by atoms with Gasteiger partial charge < -0.3 is 14.3 Å². The van der Waals surface area contributed by atoms with Gasteiger partial charge in [0, 0.05) is 7.11 Å². The highest BCUT2D eigenvalue weighted by Gasteiger charge is 2.40. The SMILES string of the molecule is COc1cccc(C(OC)C(=O)ON2C(=O)c3ccccc3C2=O)c1. The number of hydrogen-bond donors (Lipinski definition) is 0. The molecule has 0 aliphatic carbocycles. The largest absolute Gasteiger partial charge is 0.497 e. The molecule has 1 atom stereocenters. The van der Waals surface area contributed by atoms with Crippen molar-refractivity contribution in [1.29, 1.82) is 0 Å². The van der Waals surface area contributed by atoms with Crippen molar-refractivity contribution >= 4 is 17.8 Å². The Morgan fingerprint density at radius 2 is 1.60 bits per heavy atom. The van der Waals surface area contributed by atoms with Gasteiger partial charge in [-0.15, -0.1) is 0 Å². The van der Waals surface area contributed by atoms with E-state index in [2.05, 4.69) is 0 Å². The van der Waals surface area contributed by atoms with Gasteiger partial charge in [-0.25, -0.2) is 4.79 Å². The fraction of sp³-hybridized carbons (Fsp3) is 0.167. The van der Waals surface area contributed by atoms with Crippen LogP contribution >= 0.6 is 0 Å². The van der Waals surface area contributed by atoms with Crippen LogP contribution in [0.15, 0.2) is 48.5 Å². The summed E-state index contributed by atoms with van der Waals surface area (Å²) in [5.41, 5.74) is 0.856. The first kappa shape index (κ1) is 16.7. The molecule has 2 aromatic rings. The Morgan fingerprint density at radius 3 is 2.16 bits per heavy atom. The average molecular weight is 341 g/mol. The number of fused-ring (bicyclic) bond motifs is 1. The molecule has 0 saturated heterocycles. The molecule has 1 aliphatic rings. The summed E-state index contributed by atoms with van der Waals surface area (Å²) >= 11 is 0. The van der Waals surface area contributed by atoms with Gasteiger partial charge in [-0.3, -0.25) is 9.59 Å². The highest BCUT2D eigenvalue weighted by atomic mass is 16.7. The molecule has 1 aliphatic heterocycles. The summed E-state index contributed by atoms with van der Waals surface area (Å²) in [7, 11) is 2.83. The lowest BCUT2D eigenvalue weighted by Gasteiger charge is -2.18. The third-order valence-electron chi connectivity index (χ3n) is 3.78. The lowest BCUT2D eigenvalue weighted by molar-refractivity contribution is -0.180. The molecular weight excluding hydrogens is 326 g/mol. The molecule has 0 bridgehead atoms. The van der Waals surface area contributed by atoms with Gasteiger partial charge in [-0.1, -0.05) is 29.3 Å². The van der Waals surface area contributed by atoms with E-state index in [-0.39, 0.29) is 11.1 Å². The summed E-state index contributed by atoms with van der Waals surface area (Å²) in [4.78, 5) is 42.0. The van der Waals surface area contributed by atoms with Gasteiger partial charge in [0.05, 0.1) is 18.2 Å². The fourth-order valence-electron chi connectivity index (χ4n) is 2.56. The number of ether oxygens (including phenoxy) is 2. The zero-order chi connectivity index (χ0) is 18.0. The van der Waals surface area contributed by atoms with Crippen LogP contribution in [-0.2, 0) is 14.4 Å². The highest BCUT2D eigenvalue weighted by Crippen LogP contribution is 2.26. The van der Waals surface area contributed by atoms with E-state index in [9.17, 15) is 14.4 Å². The summed E-state index contributed by atoms with van der Waals surface area (Å²) < 4.78 is 10.3. The third kappa shape index (κ3) is 2.97. The molecule has 0 spiro atoms. The monoisotopic (exact) mass is 341 g/mol. The first-order chi connectivity index (χ1) is 12.1. The number of amides is 2. The predicted molar refractivity (Wildman–Crippen MR) is 85.8 cm³/mol. The maximum Gasteiger partial charge on any atom is 0.366 e. The average Bonchev–Trinajstić information content (AvgIpc) is 2.88. The molecule has 2 aromatic carbocycles. The zero-order valence-electron chi connectivity index (χ0n) is 13.6. The van der Waals surface area contributed by atoms with Crippen LogP contribution in [0.5, 0.6) is 5.75 Å².